The SMILES string of the molecule is COc1nn(C)cc1C(=O)N1CCC(c2nccc(=O)[nH]2)C1. The van der Waals surface area contributed by atoms with E-state index in [2.05, 4.69) is 15.1 Å². The Labute approximate surface area is 126 Å². The summed E-state index contributed by atoms with van der Waals surface area (Å²) in [5.41, 5.74) is 0.267. The minimum atomic E-state index is -0.177. The van der Waals surface area contributed by atoms with Crippen molar-refractivity contribution in [3.8, 4) is 5.88 Å². The number of nitrogens with one attached hydrogen (secondary N) is 1. The van der Waals surface area contributed by atoms with Crippen LogP contribution in [-0.4, -0.2) is 50.8 Å². The summed E-state index contributed by atoms with van der Waals surface area (Å²) in [6, 6.07) is 1.38. The van der Waals surface area contributed by atoms with Crippen LogP contribution >= 0.6 is 0 Å². The van der Waals surface area contributed by atoms with Gasteiger partial charge in [0.15, 0.2) is 0 Å². The number of nitrogens with zero attached hydrogens (tertiary/aromatic N) is 4. The van der Waals surface area contributed by atoms with E-state index in [-0.39, 0.29) is 17.4 Å². The number of aromatic nitrogens is 4. The van der Waals surface area contributed by atoms with Crippen LogP contribution < -0.4 is 10.3 Å². The molecule has 22 heavy (non-hydrogen) atoms. The number of aryl methyl sites for hydroxylation is 1. The zero-order valence-electron chi connectivity index (χ0n) is 12.4. The molecule has 3 heterocycles. The Hall–Kier alpha value is -2.64. The standard InChI is InChI=1S/C14H17N5O3/c1-18-8-10(13(17-18)22-2)14(21)19-6-4-9(7-19)12-15-5-3-11(20)16-12/h3,5,8-9H,4,6-7H2,1-2H3,(H,15,16,20). The highest BCUT2D eigenvalue weighted by Crippen LogP contribution is 2.27. The Morgan fingerprint density at radius 3 is 3.05 bits per heavy atom. The van der Waals surface area contributed by atoms with Gasteiger partial charge in [0.1, 0.15) is 11.4 Å². The molecule has 1 atom stereocenters. The Morgan fingerprint density at radius 2 is 2.32 bits per heavy atom. The molecule has 8 heteroatoms. The fraction of sp³-hybridized carbons (Fsp3) is 0.429. The predicted molar refractivity (Wildman–Crippen MR) is 77.9 cm³/mol. The molecule has 1 unspecified atom stereocenters. The van der Waals surface area contributed by atoms with Gasteiger partial charge in [-0.05, 0) is 6.42 Å². The number of likely N-dealkylation sites (tertiary alicyclic amines) is 1. The first-order valence-corrected chi connectivity index (χ1v) is 7.00. The summed E-state index contributed by atoms with van der Waals surface area (Å²) < 4.78 is 6.69. The maximum atomic E-state index is 12.6. The summed E-state index contributed by atoms with van der Waals surface area (Å²) in [6.07, 6.45) is 3.90. The monoisotopic (exact) mass is 303 g/mol. The van der Waals surface area contributed by atoms with Gasteiger partial charge in [0.05, 0.1) is 7.11 Å². The lowest BCUT2D eigenvalue weighted by molar-refractivity contribution is 0.0787. The van der Waals surface area contributed by atoms with Crippen LogP contribution in [0.25, 0.3) is 0 Å². The number of carbonyl (C=O) groups is 1. The number of rotatable bonds is 3. The fourth-order valence-corrected chi connectivity index (χ4v) is 2.70. The van der Waals surface area contributed by atoms with Crippen molar-refractivity contribution in [1.82, 2.24) is 24.6 Å². The zero-order valence-corrected chi connectivity index (χ0v) is 12.4. The van der Waals surface area contributed by atoms with Crippen molar-refractivity contribution in [3.63, 3.8) is 0 Å². The van der Waals surface area contributed by atoms with Gasteiger partial charge in [-0.2, -0.15) is 0 Å². The second-order valence-corrected chi connectivity index (χ2v) is 5.28. The second-order valence-electron chi connectivity index (χ2n) is 5.28. The van der Waals surface area contributed by atoms with E-state index < -0.39 is 0 Å². The molecule has 0 spiro atoms. The summed E-state index contributed by atoms with van der Waals surface area (Å²) in [6.45, 7) is 1.13. The smallest absolute Gasteiger partial charge is 0.260 e. The normalized spacial score (nSPS) is 17.7. The molecule has 3 rings (SSSR count). The van der Waals surface area contributed by atoms with Gasteiger partial charge in [0, 0.05) is 44.5 Å². The van der Waals surface area contributed by atoms with Crippen LogP contribution in [0.3, 0.4) is 0 Å². The molecule has 0 aromatic carbocycles. The zero-order chi connectivity index (χ0) is 15.7. The van der Waals surface area contributed by atoms with Gasteiger partial charge in [0.25, 0.3) is 11.5 Å². The highest BCUT2D eigenvalue weighted by molar-refractivity contribution is 5.96. The van der Waals surface area contributed by atoms with Gasteiger partial charge >= 0.3 is 0 Å². The van der Waals surface area contributed by atoms with E-state index in [0.717, 1.165) is 6.42 Å². The Kier molecular flexibility index (Phi) is 3.66. The van der Waals surface area contributed by atoms with E-state index in [1.165, 1.54) is 19.4 Å². The van der Waals surface area contributed by atoms with Gasteiger partial charge in [-0.25, -0.2) is 4.98 Å². The van der Waals surface area contributed by atoms with Crippen molar-refractivity contribution in [2.45, 2.75) is 12.3 Å². The van der Waals surface area contributed by atoms with Gasteiger partial charge in [-0.1, -0.05) is 0 Å². The molecule has 2 aromatic heterocycles. The number of hydrogen-bond donors (Lipinski definition) is 1. The van der Waals surface area contributed by atoms with Gasteiger partial charge < -0.3 is 14.6 Å². The van der Waals surface area contributed by atoms with E-state index in [9.17, 15) is 9.59 Å². The van der Waals surface area contributed by atoms with Crippen molar-refractivity contribution in [1.29, 1.82) is 0 Å². The van der Waals surface area contributed by atoms with Crippen molar-refractivity contribution < 1.29 is 9.53 Å². The molecule has 1 amide bonds. The second kappa shape index (κ2) is 5.63. The largest absolute Gasteiger partial charge is 0.479 e. The maximum Gasteiger partial charge on any atom is 0.260 e. The van der Waals surface area contributed by atoms with Crippen LogP contribution in [0.15, 0.2) is 23.3 Å². The minimum Gasteiger partial charge on any atom is -0.479 e. The average Bonchev–Trinajstić information content (AvgIpc) is 3.13. The molecular weight excluding hydrogens is 286 g/mol. The molecule has 0 aliphatic carbocycles. The molecule has 8 nitrogen and oxygen atoms in total. The van der Waals surface area contributed by atoms with E-state index in [0.29, 0.717) is 30.4 Å². The molecule has 2 aromatic rings. The molecule has 1 fully saturated rings. The summed E-state index contributed by atoms with van der Waals surface area (Å²) in [4.78, 5) is 32.6. The lowest BCUT2D eigenvalue weighted by Crippen LogP contribution is -2.29. The third kappa shape index (κ3) is 2.59. The highest BCUT2D eigenvalue weighted by atomic mass is 16.5. The third-order valence-corrected chi connectivity index (χ3v) is 3.77. The lowest BCUT2D eigenvalue weighted by atomic mass is 10.1. The average molecular weight is 303 g/mol. The topological polar surface area (TPSA) is 93.1 Å². The summed E-state index contributed by atoms with van der Waals surface area (Å²) >= 11 is 0. The number of amides is 1. The molecule has 116 valence electrons. The first-order chi connectivity index (χ1) is 10.6. The van der Waals surface area contributed by atoms with E-state index in [1.807, 2.05) is 0 Å². The number of methoxy groups -OCH3 is 1. The van der Waals surface area contributed by atoms with Crippen LogP contribution in [0.4, 0.5) is 0 Å². The first kappa shape index (κ1) is 14.3. The minimum absolute atomic E-state index is 0.0421. The van der Waals surface area contributed by atoms with Crippen LogP contribution in [0.1, 0.15) is 28.5 Å². The Bertz CT molecular complexity index is 751. The number of carbonyl (C=O) groups excluding carboxylic acids is 1. The van der Waals surface area contributed by atoms with Gasteiger partial charge in [-0.15, -0.1) is 5.10 Å². The van der Waals surface area contributed by atoms with Crippen molar-refractivity contribution in [2.75, 3.05) is 20.2 Å². The van der Waals surface area contributed by atoms with Gasteiger partial charge in [-0.3, -0.25) is 14.3 Å². The molecule has 1 aliphatic rings. The van der Waals surface area contributed by atoms with Gasteiger partial charge in [0.2, 0.25) is 5.88 Å². The Balaban J connectivity index is 1.77. The van der Waals surface area contributed by atoms with E-state index >= 15 is 0 Å². The van der Waals surface area contributed by atoms with Crippen LogP contribution in [0.5, 0.6) is 5.88 Å². The fourth-order valence-electron chi connectivity index (χ4n) is 2.70. The highest BCUT2D eigenvalue weighted by Gasteiger charge is 2.31. The van der Waals surface area contributed by atoms with Crippen molar-refractivity contribution >= 4 is 5.91 Å². The molecule has 1 N–H and O–H groups in total. The Morgan fingerprint density at radius 1 is 1.50 bits per heavy atom. The number of ether oxygens (including phenoxy) is 1. The van der Waals surface area contributed by atoms with Crippen molar-refractivity contribution in [2.24, 2.45) is 7.05 Å². The van der Waals surface area contributed by atoms with E-state index in [4.69, 9.17) is 4.74 Å². The lowest BCUT2D eigenvalue weighted by Gasteiger charge is -2.15. The molecule has 0 saturated carbocycles. The molecular formula is C14H17N5O3. The van der Waals surface area contributed by atoms with Crippen LogP contribution in [0.2, 0.25) is 0 Å². The third-order valence-electron chi connectivity index (χ3n) is 3.77. The number of aromatic amines is 1. The van der Waals surface area contributed by atoms with Crippen LogP contribution in [-0.2, 0) is 7.05 Å². The summed E-state index contributed by atoms with van der Waals surface area (Å²) in [5, 5.41) is 4.10. The molecule has 1 aliphatic heterocycles. The van der Waals surface area contributed by atoms with Crippen molar-refractivity contribution in [3.05, 3.63) is 40.2 Å². The maximum absolute atomic E-state index is 12.6. The first-order valence-electron chi connectivity index (χ1n) is 7.00. The summed E-state index contributed by atoms with van der Waals surface area (Å²) in [5.74, 6) is 0.870. The molecule has 0 radical (unpaired) electrons. The quantitative estimate of drug-likeness (QED) is 0.870. The van der Waals surface area contributed by atoms with E-state index in [1.54, 1.807) is 22.8 Å². The number of H-pyrrole nitrogens is 1. The molecule has 1 saturated heterocycles. The summed E-state index contributed by atoms with van der Waals surface area (Å²) in [7, 11) is 3.23. The molecule has 0 bridgehead atoms. The predicted octanol–water partition coefficient (Wildman–Crippen LogP) is 0.142. The number of hydrogen-bond acceptors (Lipinski definition) is 5. The van der Waals surface area contributed by atoms with Crippen LogP contribution in [0, 0.1) is 0 Å².